The Morgan fingerprint density at radius 2 is 1.73 bits per heavy atom. The molecule has 0 atom stereocenters. The molecule has 0 aliphatic carbocycles. The van der Waals surface area contributed by atoms with Gasteiger partial charge in [-0.3, -0.25) is 0 Å². The fraction of sp³-hybridized carbons (Fsp3) is 0.455. The summed E-state index contributed by atoms with van der Waals surface area (Å²) in [6.45, 7) is 10.4. The van der Waals surface area contributed by atoms with E-state index in [-0.39, 0.29) is 18.0 Å². The molecule has 2 aromatic rings. The molecule has 0 radical (unpaired) electrons. The molecule has 0 fully saturated rings. The molecular weight excluding hydrogens is 384 g/mol. The van der Waals surface area contributed by atoms with Gasteiger partial charge in [0, 0.05) is 18.2 Å². The number of aromatic nitrogens is 1. The zero-order valence-corrected chi connectivity index (χ0v) is 18.6. The minimum absolute atomic E-state index is 0.0220. The maximum Gasteiger partial charge on any atom is 0.223 e. The second-order valence-electron chi connectivity index (χ2n) is 7.41. The summed E-state index contributed by atoms with van der Waals surface area (Å²) in [6.07, 6.45) is 1.48. The number of hydrogen-bond donors (Lipinski definition) is 2. The molecule has 0 spiro atoms. The Bertz CT molecular complexity index is 919. The molecule has 164 valence electrons. The van der Waals surface area contributed by atoms with E-state index in [9.17, 15) is 0 Å². The first-order chi connectivity index (χ1) is 14.2. The van der Waals surface area contributed by atoms with Gasteiger partial charge in [-0.15, -0.1) is 0 Å². The predicted molar refractivity (Wildman–Crippen MR) is 120 cm³/mol. The largest absolute Gasteiger partial charge is 0.487 e. The molecule has 2 rings (SSSR count). The number of pyridine rings is 1. The summed E-state index contributed by atoms with van der Waals surface area (Å²) in [5, 5.41) is 1.63. The van der Waals surface area contributed by atoms with Crippen LogP contribution in [0.4, 0.5) is 5.82 Å². The van der Waals surface area contributed by atoms with E-state index in [2.05, 4.69) is 9.98 Å². The van der Waals surface area contributed by atoms with Crippen LogP contribution in [0, 0.1) is 0 Å². The van der Waals surface area contributed by atoms with Gasteiger partial charge in [-0.2, -0.15) is 4.98 Å². The third-order valence-corrected chi connectivity index (χ3v) is 3.72. The number of aliphatic imine (C=N–C) groups is 1. The van der Waals surface area contributed by atoms with Gasteiger partial charge in [-0.05, 0) is 64.3 Å². The molecule has 0 saturated heterocycles. The number of nitrogens with zero attached hydrogens (tertiary/aromatic N) is 2. The maximum absolute atomic E-state index is 5.97. The number of nitrogens with two attached hydrogens (primary N) is 2. The van der Waals surface area contributed by atoms with Crippen LogP contribution in [-0.2, 0) is 4.74 Å². The highest BCUT2D eigenvalue weighted by Gasteiger charge is 2.16. The van der Waals surface area contributed by atoms with E-state index in [1.54, 1.807) is 20.1 Å². The van der Waals surface area contributed by atoms with E-state index >= 15 is 0 Å². The maximum atomic E-state index is 5.97. The van der Waals surface area contributed by atoms with Crippen molar-refractivity contribution in [2.24, 2.45) is 16.5 Å². The van der Waals surface area contributed by atoms with Gasteiger partial charge < -0.3 is 30.4 Å². The summed E-state index contributed by atoms with van der Waals surface area (Å²) in [4.78, 5) is 8.88. The van der Waals surface area contributed by atoms with E-state index in [0.29, 0.717) is 42.1 Å². The Hall–Kier alpha value is -3.00. The normalized spacial score (nSPS) is 12.7. The molecule has 0 saturated carbocycles. The van der Waals surface area contributed by atoms with E-state index in [0.717, 1.165) is 10.8 Å². The first-order valence-electron chi connectivity index (χ1n) is 9.91. The van der Waals surface area contributed by atoms with Crippen molar-refractivity contribution in [2.45, 2.75) is 46.8 Å². The zero-order valence-electron chi connectivity index (χ0n) is 18.6. The van der Waals surface area contributed by atoms with Crippen molar-refractivity contribution in [2.75, 3.05) is 20.3 Å². The van der Waals surface area contributed by atoms with E-state index in [1.807, 2.05) is 45.9 Å². The van der Waals surface area contributed by atoms with Gasteiger partial charge in [0.05, 0.1) is 18.8 Å². The molecule has 1 aromatic carbocycles. The highest BCUT2D eigenvalue weighted by molar-refractivity contribution is 5.95. The molecule has 30 heavy (non-hydrogen) atoms. The molecule has 8 heteroatoms. The first-order valence-corrected chi connectivity index (χ1v) is 9.91. The number of rotatable bonds is 10. The molecule has 0 amide bonds. The Morgan fingerprint density at radius 3 is 2.33 bits per heavy atom. The molecule has 1 heterocycles. The molecule has 0 bridgehead atoms. The number of amidine groups is 1. The van der Waals surface area contributed by atoms with Crippen LogP contribution < -0.4 is 25.7 Å². The Balaban J connectivity index is 2.63. The SMILES string of the molecule is COCCOc1cc2c(OC(C)C)nc(/N=C(N)\C=C(\C)N)cc2cc1OC(C)C. The lowest BCUT2D eigenvalue weighted by molar-refractivity contribution is 0.141. The van der Waals surface area contributed by atoms with Gasteiger partial charge in [0.1, 0.15) is 12.4 Å². The van der Waals surface area contributed by atoms with Crippen LogP contribution in [0.15, 0.2) is 35.0 Å². The summed E-state index contributed by atoms with van der Waals surface area (Å²) in [5.41, 5.74) is 12.2. The molecular formula is C22H32N4O4. The van der Waals surface area contributed by atoms with Gasteiger partial charge in [0.15, 0.2) is 17.3 Å². The van der Waals surface area contributed by atoms with Gasteiger partial charge in [-0.1, -0.05) is 0 Å². The third-order valence-electron chi connectivity index (χ3n) is 3.72. The molecule has 0 aliphatic rings. The average molecular weight is 417 g/mol. The van der Waals surface area contributed by atoms with E-state index in [4.69, 9.17) is 30.4 Å². The highest BCUT2D eigenvalue weighted by atomic mass is 16.5. The summed E-state index contributed by atoms with van der Waals surface area (Å²) in [5.74, 6) is 2.33. The Morgan fingerprint density at radius 1 is 1.03 bits per heavy atom. The van der Waals surface area contributed by atoms with Crippen LogP contribution in [0.3, 0.4) is 0 Å². The lowest BCUT2D eigenvalue weighted by atomic mass is 10.1. The van der Waals surface area contributed by atoms with Crippen molar-refractivity contribution in [3.05, 3.63) is 30.0 Å². The smallest absolute Gasteiger partial charge is 0.223 e. The first kappa shape index (κ1) is 23.3. The number of allylic oxidation sites excluding steroid dienone is 1. The topological polar surface area (TPSA) is 114 Å². The summed E-state index contributed by atoms with van der Waals surface area (Å²) >= 11 is 0. The van der Waals surface area contributed by atoms with Crippen molar-refractivity contribution >= 4 is 22.4 Å². The van der Waals surface area contributed by atoms with Gasteiger partial charge in [-0.25, -0.2) is 4.99 Å². The summed E-state index contributed by atoms with van der Waals surface area (Å²) in [7, 11) is 1.63. The van der Waals surface area contributed by atoms with Crippen molar-refractivity contribution in [3.63, 3.8) is 0 Å². The zero-order chi connectivity index (χ0) is 22.3. The van der Waals surface area contributed by atoms with Crippen LogP contribution >= 0.6 is 0 Å². The van der Waals surface area contributed by atoms with E-state index in [1.165, 1.54) is 0 Å². The van der Waals surface area contributed by atoms with Gasteiger partial charge in [0.25, 0.3) is 0 Å². The van der Waals surface area contributed by atoms with Crippen molar-refractivity contribution in [3.8, 4) is 17.4 Å². The quantitative estimate of drug-likeness (QED) is 0.345. The van der Waals surface area contributed by atoms with Crippen LogP contribution in [0.5, 0.6) is 17.4 Å². The Labute approximate surface area is 177 Å². The number of methoxy groups -OCH3 is 1. The summed E-state index contributed by atoms with van der Waals surface area (Å²) in [6, 6.07) is 5.58. The minimum Gasteiger partial charge on any atom is -0.487 e. The number of hydrogen-bond acceptors (Lipinski definition) is 7. The van der Waals surface area contributed by atoms with Crippen LogP contribution in [-0.4, -0.2) is 43.4 Å². The van der Waals surface area contributed by atoms with Crippen LogP contribution in [0.1, 0.15) is 34.6 Å². The molecule has 0 unspecified atom stereocenters. The highest BCUT2D eigenvalue weighted by Crippen LogP contribution is 2.38. The Kier molecular flexibility index (Phi) is 8.29. The third kappa shape index (κ3) is 6.81. The minimum atomic E-state index is -0.0760. The fourth-order valence-electron chi connectivity index (χ4n) is 2.68. The summed E-state index contributed by atoms with van der Waals surface area (Å²) < 4.78 is 22.9. The fourth-order valence-corrected chi connectivity index (χ4v) is 2.68. The number of benzene rings is 1. The number of ether oxygens (including phenoxy) is 4. The standard InChI is InChI=1S/C22H32N4O4/c1-13(2)29-19-10-16-11-21(25-20(24)9-15(5)23)26-22(30-14(3)4)17(16)12-18(19)28-8-7-27-6/h9-14H,7-8,23H2,1-6H3,(H2,24,25,26)/b15-9-. The van der Waals surface area contributed by atoms with Crippen molar-refractivity contribution in [1.82, 2.24) is 4.98 Å². The second-order valence-corrected chi connectivity index (χ2v) is 7.41. The lowest BCUT2D eigenvalue weighted by Crippen LogP contribution is -2.11. The molecule has 1 aromatic heterocycles. The predicted octanol–water partition coefficient (Wildman–Crippen LogP) is 3.69. The van der Waals surface area contributed by atoms with E-state index < -0.39 is 0 Å². The number of fused-ring (bicyclic) bond motifs is 1. The van der Waals surface area contributed by atoms with Gasteiger partial charge in [0.2, 0.25) is 5.88 Å². The lowest BCUT2D eigenvalue weighted by Gasteiger charge is -2.18. The van der Waals surface area contributed by atoms with Crippen molar-refractivity contribution in [1.29, 1.82) is 0 Å². The van der Waals surface area contributed by atoms with Crippen LogP contribution in [0.2, 0.25) is 0 Å². The van der Waals surface area contributed by atoms with Gasteiger partial charge >= 0.3 is 0 Å². The molecule has 0 aliphatic heterocycles. The molecule has 4 N–H and O–H groups in total. The monoisotopic (exact) mass is 416 g/mol. The van der Waals surface area contributed by atoms with Crippen LogP contribution in [0.25, 0.3) is 10.8 Å². The van der Waals surface area contributed by atoms with Crippen molar-refractivity contribution < 1.29 is 18.9 Å². The molecule has 8 nitrogen and oxygen atoms in total. The second kappa shape index (κ2) is 10.7. The average Bonchev–Trinajstić information content (AvgIpc) is 2.60.